The molecule has 6 nitrogen and oxygen atoms in total. The largest absolute Gasteiger partial charge is 0.484 e. The molecule has 0 aliphatic heterocycles. The number of ether oxygens (including phenoxy) is 1. The molecule has 7 heteroatoms. The summed E-state index contributed by atoms with van der Waals surface area (Å²) in [5.41, 5.74) is 1.38. The minimum Gasteiger partial charge on any atom is -0.484 e. The van der Waals surface area contributed by atoms with Crippen molar-refractivity contribution in [1.82, 2.24) is 10.3 Å². The Kier molecular flexibility index (Phi) is 5.17. The second-order valence-electron chi connectivity index (χ2n) is 5.60. The summed E-state index contributed by atoms with van der Waals surface area (Å²) >= 11 is 0. The fourth-order valence-corrected chi connectivity index (χ4v) is 2.47. The van der Waals surface area contributed by atoms with Crippen molar-refractivity contribution < 1.29 is 18.7 Å². The van der Waals surface area contributed by atoms with Gasteiger partial charge in [0.1, 0.15) is 17.3 Å². The molecule has 134 valence electrons. The van der Waals surface area contributed by atoms with Crippen LogP contribution in [0.25, 0.3) is 10.9 Å². The third-order valence-corrected chi connectivity index (χ3v) is 3.71. The van der Waals surface area contributed by atoms with E-state index in [2.05, 4.69) is 15.6 Å². The van der Waals surface area contributed by atoms with Crippen molar-refractivity contribution in [1.29, 1.82) is 0 Å². The Morgan fingerprint density at radius 1 is 1.15 bits per heavy atom. The van der Waals surface area contributed by atoms with Crippen LogP contribution in [0.3, 0.4) is 0 Å². The molecule has 3 N–H and O–H groups in total. The van der Waals surface area contributed by atoms with Gasteiger partial charge in [-0.2, -0.15) is 0 Å². The number of nitrogens with one attached hydrogen (secondary N) is 3. The summed E-state index contributed by atoms with van der Waals surface area (Å²) in [4.78, 5) is 26.6. The number of amides is 2. The molecule has 0 aliphatic carbocycles. The van der Waals surface area contributed by atoms with Crippen LogP contribution in [0.15, 0.2) is 48.5 Å². The first-order valence-electron chi connectivity index (χ1n) is 8.15. The third kappa shape index (κ3) is 4.00. The number of carbonyl (C=O) groups is 2. The molecule has 0 saturated carbocycles. The molecule has 1 aromatic heterocycles. The Labute approximate surface area is 149 Å². The van der Waals surface area contributed by atoms with Crippen LogP contribution >= 0.6 is 0 Å². The fraction of sp³-hybridized carbons (Fsp3) is 0.158. The lowest BCUT2D eigenvalue weighted by Crippen LogP contribution is -2.28. The number of aromatic amines is 1. The number of halogens is 1. The first kappa shape index (κ1) is 17.5. The maximum absolute atomic E-state index is 13.7. The maximum Gasteiger partial charge on any atom is 0.272 e. The average molecular weight is 355 g/mol. The van der Waals surface area contributed by atoms with E-state index in [1.807, 2.05) is 6.92 Å². The van der Waals surface area contributed by atoms with Crippen LogP contribution < -0.4 is 15.4 Å². The SMILES string of the molecule is CCNC(=O)COc1ccc(NC(=O)c2cc3c(F)cccc3[nH]2)cc1. The highest BCUT2D eigenvalue weighted by Crippen LogP contribution is 2.20. The lowest BCUT2D eigenvalue weighted by molar-refractivity contribution is -0.122. The Morgan fingerprint density at radius 2 is 1.92 bits per heavy atom. The van der Waals surface area contributed by atoms with Gasteiger partial charge in [0.15, 0.2) is 6.61 Å². The monoisotopic (exact) mass is 355 g/mol. The van der Waals surface area contributed by atoms with Gasteiger partial charge in [0, 0.05) is 23.1 Å². The van der Waals surface area contributed by atoms with Crippen LogP contribution in [0.1, 0.15) is 17.4 Å². The molecule has 0 spiro atoms. The van der Waals surface area contributed by atoms with Gasteiger partial charge in [-0.25, -0.2) is 4.39 Å². The molecule has 3 aromatic rings. The Bertz CT molecular complexity index is 935. The number of benzene rings is 2. The molecule has 2 aromatic carbocycles. The number of hydrogen-bond acceptors (Lipinski definition) is 3. The van der Waals surface area contributed by atoms with Gasteiger partial charge in [-0.1, -0.05) is 6.07 Å². The molecule has 0 bridgehead atoms. The third-order valence-electron chi connectivity index (χ3n) is 3.71. The van der Waals surface area contributed by atoms with Gasteiger partial charge in [-0.15, -0.1) is 0 Å². The van der Waals surface area contributed by atoms with Crippen molar-refractivity contribution in [3.05, 3.63) is 60.0 Å². The summed E-state index contributed by atoms with van der Waals surface area (Å²) in [7, 11) is 0. The Balaban J connectivity index is 1.63. The average Bonchev–Trinajstić information content (AvgIpc) is 3.07. The van der Waals surface area contributed by atoms with Crippen molar-refractivity contribution in [2.75, 3.05) is 18.5 Å². The molecule has 0 saturated heterocycles. The van der Waals surface area contributed by atoms with Gasteiger partial charge in [0.2, 0.25) is 0 Å². The van der Waals surface area contributed by atoms with Crippen LogP contribution in [0.4, 0.5) is 10.1 Å². The molecule has 0 unspecified atom stereocenters. The van der Waals surface area contributed by atoms with Gasteiger partial charge in [0.05, 0.1) is 0 Å². The summed E-state index contributed by atoms with van der Waals surface area (Å²) in [6.07, 6.45) is 0. The Hall–Kier alpha value is -3.35. The zero-order valence-electron chi connectivity index (χ0n) is 14.1. The van der Waals surface area contributed by atoms with Crippen molar-refractivity contribution in [2.24, 2.45) is 0 Å². The highest BCUT2D eigenvalue weighted by atomic mass is 19.1. The number of hydrogen-bond donors (Lipinski definition) is 3. The fourth-order valence-electron chi connectivity index (χ4n) is 2.47. The first-order valence-corrected chi connectivity index (χ1v) is 8.15. The topological polar surface area (TPSA) is 83.2 Å². The Morgan fingerprint density at radius 3 is 2.62 bits per heavy atom. The molecule has 0 radical (unpaired) electrons. The summed E-state index contributed by atoms with van der Waals surface area (Å²) in [6.45, 7) is 2.31. The van der Waals surface area contributed by atoms with Gasteiger partial charge < -0.3 is 20.4 Å². The van der Waals surface area contributed by atoms with E-state index in [1.54, 1.807) is 36.4 Å². The minimum absolute atomic E-state index is 0.0693. The number of carbonyl (C=O) groups excluding carboxylic acids is 2. The predicted octanol–water partition coefficient (Wildman–Crippen LogP) is 3.07. The molecule has 0 atom stereocenters. The highest BCUT2D eigenvalue weighted by Gasteiger charge is 2.12. The molecule has 1 heterocycles. The van der Waals surface area contributed by atoms with Crippen LogP contribution in [-0.2, 0) is 4.79 Å². The van der Waals surface area contributed by atoms with E-state index >= 15 is 0 Å². The van der Waals surface area contributed by atoms with Crippen molar-refractivity contribution in [3.8, 4) is 5.75 Å². The zero-order chi connectivity index (χ0) is 18.5. The zero-order valence-corrected chi connectivity index (χ0v) is 14.1. The standard InChI is InChI=1S/C19H18FN3O3/c1-2-21-18(24)11-26-13-8-6-12(7-9-13)22-19(25)17-10-14-15(20)4-3-5-16(14)23-17/h3-10,23H,2,11H2,1H3,(H,21,24)(H,22,25). The summed E-state index contributed by atoms with van der Waals surface area (Å²) < 4.78 is 19.1. The first-order chi connectivity index (χ1) is 12.6. The molecule has 0 fully saturated rings. The van der Waals surface area contributed by atoms with E-state index in [4.69, 9.17) is 4.74 Å². The number of likely N-dealkylation sites (N-methyl/N-ethyl adjacent to an activating group) is 1. The normalized spacial score (nSPS) is 10.5. The van der Waals surface area contributed by atoms with E-state index < -0.39 is 0 Å². The van der Waals surface area contributed by atoms with Crippen LogP contribution in [0.5, 0.6) is 5.75 Å². The maximum atomic E-state index is 13.7. The summed E-state index contributed by atoms with van der Waals surface area (Å²) in [6, 6.07) is 12.7. The minimum atomic E-state index is -0.383. The summed E-state index contributed by atoms with van der Waals surface area (Å²) in [5.74, 6) is -0.444. The van der Waals surface area contributed by atoms with Crippen LogP contribution in [0, 0.1) is 5.82 Å². The van der Waals surface area contributed by atoms with Crippen molar-refractivity contribution >= 4 is 28.4 Å². The highest BCUT2D eigenvalue weighted by molar-refractivity contribution is 6.06. The molecule has 0 aliphatic rings. The van der Waals surface area contributed by atoms with Crippen LogP contribution in [-0.4, -0.2) is 29.9 Å². The number of H-pyrrole nitrogens is 1. The van der Waals surface area contributed by atoms with Crippen LogP contribution in [0.2, 0.25) is 0 Å². The molecule has 2 amide bonds. The molecule has 26 heavy (non-hydrogen) atoms. The quantitative estimate of drug-likeness (QED) is 0.635. The second kappa shape index (κ2) is 7.69. The van der Waals surface area contributed by atoms with Gasteiger partial charge in [-0.05, 0) is 49.4 Å². The van der Waals surface area contributed by atoms with E-state index in [0.29, 0.717) is 28.9 Å². The van der Waals surface area contributed by atoms with E-state index in [0.717, 1.165) is 0 Å². The predicted molar refractivity (Wildman–Crippen MR) is 96.8 cm³/mol. The number of anilines is 1. The number of fused-ring (bicyclic) bond motifs is 1. The molecule has 3 rings (SSSR count). The van der Waals surface area contributed by atoms with E-state index in [9.17, 15) is 14.0 Å². The smallest absolute Gasteiger partial charge is 0.272 e. The van der Waals surface area contributed by atoms with Crippen molar-refractivity contribution in [2.45, 2.75) is 6.92 Å². The second-order valence-corrected chi connectivity index (χ2v) is 5.60. The van der Waals surface area contributed by atoms with Gasteiger partial charge in [0.25, 0.3) is 11.8 Å². The van der Waals surface area contributed by atoms with Gasteiger partial charge >= 0.3 is 0 Å². The van der Waals surface area contributed by atoms with E-state index in [-0.39, 0.29) is 29.9 Å². The van der Waals surface area contributed by atoms with E-state index in [1.165, 1.54) is 12.1 Å². The lowest BCUT2D eigenvalue weighted by atomic mass is 10.2. The number of aromatic nitrogens is 1. The van der Waals surface area contributed by atoms with Gasteiger partial charge in [-0.3, -0.25) is 9.59 Å². The number of rotatable bonds is 6. The lowest BCUT2D eigenvalue weighted by Gasteiger charge is -2.08. The van der Waals surface area contributed by atoms with Crippen molar-refractivity contribution in [3.63, 3.8) is 0 Å². The molecular formula is C19H18FN3O3. The summed E-state index contributed by atoms with van der Waals surface area (Å²) in [5, 5.41) is 5.73. The molecular weight excluding hydrogens is 337 g/mol.